The van der Waals surface area contributed by atoms with Crippen molar-refractivity contribution in [2.45, 2.75) is 188 Å². The van der Waals surface area contributed by atoms with E-state index in [2.05, 4.69) is 39.8 Å². The Kier molecular flexibility index (Phi) is 26.1. The fourth-order valence-corrected chi connectivity index (χ4v) is 15.9. The first-order valence-electron chi connectivity index (χ1n) is 29.9. The highest BCUT2D eigenvalue weighted by molar-refractivity contribution is 14.1. The van der Waals surface area contributed by atoms with Gasteiger partial charge in [-0.05, 0) is 100 Å². The summed E-state index contributed by atoms with van der Waals surface area (Å²) in [7, 11) is 9.77. The lowest BCUT2D eigenvalue weighted by atomic mass is 9.75. The van der Waals surface area contributed by atoms with Crippen LogP contribution in [0.1, 0.15) is 82.3 Å². The smallest absolute Gasteiger partial charge is 0.411 e. The van der Waals surface area contributed by atoms with Crippen LogP contribution in [-0.2, 0) is 57.0 Å². The highest BCUT2D eigenvalue weighted by Gasteiger charge is 2.52. The lowest BCUT2D eigenvalue weighted by molar-refractivity contribution is -0.336. The second kappa shape index (κ2) is 32.6. The molecule has 29 heteroatoms. The number of likely N-dealkylation sites (N-methyl/N-ethyl adjacent to an activating group) is 1. The van der Waals surface area contributed by atoms with E-state index in [1.165, 1.54) is 55.1 Å². The van der Waals surface area contributed by atoms with Crippen LogP contribution in [0.15, 0.2) is 59.3 Å². The molecule has 506 valence electrons. The third kappa shape index (κ3) is 16.6. The van der Waals surface area contributed by atoms with Gasteiger partial charge in [-0.1, -0.05) is 88.2 Å². The zero-order chi connectivity index (χ0) is 66.9. The lowest BCUT2D eigenvalue weighted by Crippen LogP contribution is -2.65. The molecule has 92 heavy (non-hydrogen) atoms. The summed E-state index contributed by atoms with van der Waals surface area (Å²) in [5, 5.41) is 63.3. The van der Waals surface area contributed by atoms with Crippen LogP contribution in [0.25, 0.3) is 0 Å². The molecular formula is C63H83IN4O21S3. The van der Waals surface area contributed by atoms with Gasteiger partial charge in [-0.25, -0.2) is 4.79 Å². The molecule has 0 unspecified atom stereocenters. The maximum atomic E-state index is 14.5. The number of hydrogen-bond donors (Lipinski definition) is 9. The number of carbonyl (C=O) groups is 3. The third-order valence-corrected chi connectivity index (χ3v) is 22.3. The van der Waals surface area contributed by atoms with Crippen molar-refractivity contribution in [3.05, 3.63) is 79.6 Å². The second-order valence-corrected chi connectivity index (χ2v) is 28.2. The zero-order valence-electron chi connectivity index (χ0n) is 53.1. The molecule has 2 aromatic carbocycles. The summed E-state index contributed by atoms with van der Waals surface area (Å²) < 4.78 is 72.5. The number of hydrogen-bond acceptors (Lipinski definition) is 27. The van der Waals surface area contributed by atoms with Crippen LogP contribution in [-0.4, -0.2) is 212 Å². The Labute approximate surface area is 561 Å². The van der Waals surface area contributed by atoms with Gasteiger partial charge in [-0.15, -0.1) is 0 Å². The van der Waals surface area contributed by atoms with Crippen molar-refractivity contribution in [1.82, 2.24) is 16.1 Å². The van der Waals surface area contributed by atoms with Gasteiger partial charge in [0.15, 0.2) is 41.8 Å². The summed E-state index contributed by atoms with van der Waals surface area (Å²) >= 11 is 2.82. The van der Waals surface area contributed by atoms with Crippen LogP contribution >= 0.6 is 55.9 Å². The number of para-hydroxylation sites is 1. The van der Waals surface area contributed by atoms with Gasteiger partial charge in [-0.3, -0.25) is 19.7 Å². The lowest BCUT2D eigenvalue weighted by Gasteiger charge is -2.46. The number of aliphatic hydroxyl groups excluding tert-OH is 4. The number of fused-ring (bicyclic) bond motifs is 2. The number of anilines is 1. The van der Waals surface area contributed by atoms with Crippen molar-refractivity contribution >= 4 is 78.6 Å². The topological polar surface area (TPSA) is 334 Å². The molecule has 2 aromatic rings. The summed E-state index contributed by atoms with van der Waals surface area (Å²) in [5.41, 5.74) is 9.07. The average molecular weight is 1460 g/mol. The number of nitrogens with two attached hydrogens (primary N) is 1. The molecule has 4 fully saturated rings. The standard InChI is InChI=1S/C63H83IN4O21S3/c1-13-66-37-29-82-42(27-41(37)77-8)87-55-50(72)47(68-89-43-26-38(69)57(33(5)83-43)91-58(74)44-30(2)46(64)53(56(80-11)52(44)78-9)88-59-51(73)54(79-10)49(71)32(4)85-59)31(3)84-60(55)86-40-22-16-14-15-19-24-63(76)28-39(70)48(67-61(75)81-12)45(40)35(63)23-25-90-92-62(6,7)34-20-17-18-21-36(34)65/h14-15,17-18,20-21,23,31-33,37-38,40-43,47,49-51,54-55,57,59-60,66,68-69,71-73,76H,13,25-29,65H2,1-12H3,(H,67,75)/b15-14+,35-23+/t31-,32+,33-,37+,38+,40+,41+,42+,43+,47-,49+,50+,51-,54-,55-,57-,59+,60+,63+/m1/s1. The molecule has 0 spiro atoms. The number of aliphatic hydroxyl groups is 5. The van der Waals surface area contributed by atoms with E-state index in [9.17, 15) is 39.9 Å². The Bertz CT molecular complexity index is 3180. The number of carbonyl (C=O) groups excluding carboxylic acids is 3. The maximum Gasteiger partial charge on any atom is 0.411 e. The summed E-state index contributed by atoms with van der Waals surface area (Å²) in [6.07, 6.45) is -14.2. The molecular weight excluding hydrogens is 1370 g/mol. The van der Waals surface area contributed by atoms with E-state index in [4.69, 9.17) is 67.4 Å². The number of Topliss-reactive ketones (excluding diaryl/α,β-unsaturated/α-hetero) is 1. The number of alkyl carbamates (subject to hydrolysis) is 1. The van der Waals surface area contributed by atoms with Crippen molar-refractivity contribution in [1.29, 1.82) is 0 Å². The molecule has 1 amide bonds. The van der Waals surface area contributed by atoms with Crippen LogP contribution in [0.5, 0.6) is 17.2 Å². The predicted octanol–water partition coefficient (Wildman–Crippen LogP) is 4.44. The highest BCUT2D eigenvalue weighted by Crippen LogP contribution is 2.50. The third-order valence-electron chi connectivity index (χ3n) is 16.5. The molecule has 4 saturated heterocycles. The Morgan fingerprint density at radius 1 is 0.880 bits per heavy atom. The van der Waals surface area contributed by atoms with E-state index in [1.54, 1.807) is 40.9 Å². The molecule has 0 aromatic heterocycles. The Morgan fingerprint density at radius 2 is 1.60 bits per heavy atom. The fraction of sp³-hybridized carbons (Fsp3) is 0.603. The molecule has 4 aliphatic heterocycles. The molecule has 19 atom stereocenters. The van der Waals surface area contributed by atoms with Crippen molar-refractivity contribution < 1.29 is 102 Å². The van der Waals surface area contributed by atoms with E-state index in [-0.39, 0.29) is 77.0 Å². The summed E-state index contributed by atoms with van der Waals surface area (Å²) in [6, 6.07) is 6.25. The van der Waals surface area contributed by atoms with Crippen molar-refractivity contribution in [2.75, 3.05) is 60.2 Å². The summed E-state index contributed by atoms with van der Waals surface area (Å²) in [6.45, 7) is 13.5. The van der Waals surface area contributed by atoms with Crippen molar-refractivity contribution in [2.24, 2.45) is 0 Å². The Balaban J connectivity index is 1.04. The number of hydroxylamine groups is 1. The van der Waals surface area contributed by atoms with Crippen LogP contribution in [0.2, 0.25) is 0 Å². The van der Waals surface area contributed by atoms with Crippen LogP contribution in [0, 0.1) is 34.2 Å². The van der Waals surface area contributed by atoms with Crippen LogP contribution < -0.4 is 36.1 Å². The summed E-state index contributed by atoms with van der Waals surface area (Å²) in [4.78, 5) is 48.1. The van der Waals surface area contributed by atoms with E-state index in [0.717, 1.165) is 24.4 Å². The normalized spacial score (nSPS) is 34.0. The minimum absolute atomic E-state index is 0.0217. The van der Waals surface area contributed by atoms with E-state index in [1.807, 2.05) is 67.6 Å². The number of nitrogens with one attached hydrogen (secondary N) is 3. The Morgan fingerprint density at radius 3 is 2.27 bits per heavy atom. The van der Waals surface area contributed by atoms with Gasteiger partial charge in [0.2, 0.25) is 17.2 Å². The van der Waals surface area contributed by atoms with E-state index in [0.29, 0.717) is 21.4 Å². The number of nitrogen functional groups attached to an aromatic ring is 1. The number of amides is 1. The molecule has 0 saturated carbocycles. The van der Waals surface area contributed by atoms with E-state index >= 15 is 0 Å². The molecule has 4 heterocycles. The monoisotopic (exact) mass is 1450 g/mol. The molecule has 2 bridgehead atoms. The quantitative estimate of drug-likeness (QED) is 0.0185. The average Bonchev–Trinajstić information content (AvgIpc) is 0.763. The molecule has 6 aliphatic rings. The minimum Gasteiger partial charge on any atom is -0.492 e. The predicted molar refractivity (Wildman–Crippen MR) is 350 cm³/mol. The number of methoxy groups -OCH3 is 5. The Hall–Kier alpha value is -4.27. The number of thioether (sulfide) groups is 1. The second-order valence-electron chi connectivity index (χ2n) is 23.0. The minimum atomic E-state index is -2.12. The highest BCUT2D eigenvalue weighted by atomic mass is 127. The first-order chi connectivity index (χ1) is 43.8. The molecule has 2 aliphatic carbocycles. The maximum absolute atomic E-state index is 14.5. The van der Waals surface area contributed by atoms with Crippen molar-refractivity contribution in [3.63, 3.8) is 0 Å². The molecule has 25 nitrogen and oxygen atoms in total. The fourth-order valence-electron chi connectivity index (χ4n) is 11.7. The molecule has 10 N–H and O–H groups in total. The first-order valence-corrected chi connectivity index (χ1v) is 34.2. The molecule has 0 radical (unpaired) electrons. The van der Waals surface area contributed by atoms with Gasteiger partial charge >= 0.3 is 6.09 Å². The van der Waals surface area contributed by atoms with Gasteiger partial charge in [0.05, 0.1) is 97.0 Å². The van der Waals surface area contributed by atoms with Gasteiger partial charge in [-0.2, -0.15) is 5.48 Å². The first kappa shape index (κ1) is 73.5. The van der Waals surface area contributed by atoms with E-state index < -0.39 is 131 Å². The van der Waals surface area contributed by atoms with Gasteiger partial charge in [0, 0.05) is 54.4 Å². The zero-order valence-corrected chi connectivity index (χ0v) is 57.7. The number of ketones is 1. The van der Waals surface area contributed by atoms with Gasteiger partial charge in [0.1, 0.15) is 36.6 Å². The van der Waals surface area contributed by atoms with Crippen molar-refractivity contribution in [3.8, 4) is 40.9 Å². The van der Waals surface area contributed by atoms with Crippen LogP contribution in [0.4, 0.5) is 10.5 Å². The number of benzene rings is 2. The number of halogens is 1. The largest absolute Gasteiger partial charge is 0.492 e. The summed E-state index contributed by atoms with van der Waals surface area (Å²) in [5.74, 6) is 11.3. The van der Waals surface area contributed by atoms with Gasteiger partial charge < -0.3 is 93.4 Å². The van der Waals surface area contributed by atoms with Crippen LogP contribution in [0.3, 0.4) is 0 Å². The number of ether oxygens (including phenoxy) is 12. The molecule has 8 rings (SSSR count). The van der Waals surface area contributed by atoms with Gasteiger partial charge in [0.25, 0.3) is 0 Å². The number of allylic oxidation sites excluding steroid dienone is 3. The SMILES string of the molecule is CCN[C@H]1CO[C@@H](O[C@H]2[C@H](O[C@H]3C#C/C=C/C#C[C@]4(O)CC(=O)C(NC(=O)OC)=C3/C4=C\CSSC(C)(C)c3ccccc3N)O[C@H](C)[C@@H](NO[C@H]3C[C@H](O)[C@H](SC(=O)c4c(C)c(I)c(O[C@@H]5O[C@@H](C)[C@H](O)[C@@H](OC)[C@H]5O)c(OC)c4OC)[C@@H](C)O3)[C@@H]2O)C[C@@H]1OC. The number of rotatable bonds is 23.